The maximum absolute atomic E-state index is 11.0. The summed E-state index contributed by atoms with van der Waals surface area (Å²) in [5.74, 6) is 1.33. The molecule has 1 N–H and O–H groups in total. The zero-order valence-corrected chi connectivity index (χ0v) is 21.4. The van der Waals surface area contributed by atoms with Gasteiger partial charge < -0.3 is 19.5 Å². The van der Waals surface area contributed by atoms with Crippen LogP contribution < -0.4 is 9.47 Å². The summed E-state index contributed by atoms with van der Waals surface area (Å²) >= 11 is 13.0. The monoisotopic (exact) mass is 513 g/mol. The van der Waals surface area contributed by atoms with Crippen molar-refractivity contribution >= 4 is 29.5 Å². The number of carbonyl (C=O) groups excluding carboxylic acids is 1. The molecule has 0 aliphatic carbocycles. The van der Waals surface area contributed by atoms with Gasteiger partial charge in [0.15, 0.2) is 6.29 Å². The first kappa shape index (κ1) is 25.4. The number of phenolic OH excluding ortho intramolecular Hbond substituents is 1. The van der Waals surface area contributed by atoms with E-state index in [0.717, 1.165) is 35.3 Å². The van der Waals surface area contributed by atoms with E-state index < -0.39 is 0 Å². The molecule has 3 aromatic carbocycles. The van der Waals surface area contributed by atoms with Gasteiger partial charge in [-0.1, -0.05) is 53.5 Å². The molecule has 7 heteroatoms. The fourth-order valence-corrected chi connectivity index (χ4v) is 5.01. The number of piperidine rings is 1. The number of aromatic hydroxyl groups is 1. The van der Waals surface area contributed by atoms with Gasteiger partial charge in [-0.3, -0.25) is 4.79 Å². The molecule has 1 atom stereocenters. The Kier molecular flexibility index (Phi) is 8.22. The molecule has 4 rings (SSSR count). The molecule has 0 saturated carbocycles. The van der Waals surface area contributed by atoms with E-state index in [9.17, 15) is 9.90 Å². The van der Waals surface area contributed by atoms with Crippen LogP contribution in [0.4, 0.5) is 0 Å². The van der Waals surface area contributed by atoms with E-state index in [2.05, 4.69) is 11.9 Å². The van der Waals surface area contributed by atoms with E-state index >= 15 is 0 Å². The van der Waals surface area contributed by atoms with Crippen molar-refractivity contribution in [2.45, 2.75) is 26.4 Å². The predicted octanol–water partition coefficient (Wildman–Crippen LogP) is 6.79. The Morgan fingerprint density at radius 2 is 1.86 bits per heavy atom. The number of carbonyl (C=O) groups is 1. The molecule has 1 heterocycles. The second kappa shape index (κ2) is 11.3. The molecule has 0 aromatic heterocycles. The summed E-state index contributed by atoms with van der Waals surface area (Å²) in [5, 5.41) is 10.8. The van der Waals surface area contributed by atoms with Crippen molar-refractivity contribution in [2.75, 3.05) is 26.7 Å². The number of likely N-dealkylation sites (tertiary alicyclic amines) is 1. The topological polar surface area (TPSA) is 59.0 Å². The highest BCUT2D eigenvalue weighted by Crippen LogP contribution is 2.38. The van der Waals surface area contributed by atoms with Crippen molar-refractivity contribution in [1.82, 2.24) is 4.90 Å². The zero-order valence-electron chi connectivity index (χ0n) is 19.9. The first-order valence-corrected chi connectivity index (χ1v) is 12.4. The first-order valence-electron chi connectivity index (χ1n) is 11.7. The summed E-state index contributed by atoms with van der Waals surface area (Å²) in [6, 6.07) is 14.6. The van der Waals surface area contributed by atoms with E-state index in [1.54, 1.807) is 0 Å². The fraction of sp³-hybridized carbons (Fsp3) is 0.321. The van der Waals surface area contributed by atoms with E-state index in [4.69, 9.17) is 32.7 Å². The Morgan fingerprint density at radius 1 is 1.09 bits per heavy atom. The van der Waals surface area contributed by atoms with Crippen LogP contribution in [0.5, 0.6) is 17.2 Å². The van der Waals surface area contributed by atoms with E-state index in [0.29, 0.717) is 35.3 Å². The van der Waals surface area contributed by atoms with Gasteiger partial charge in [-0.15, -0.1) is 0 Å². The molecule has 1 aliphatic rings. The number of ether oxygens (including phenoxy) is 2. The van der Waals surface area contributed by atoms with Crippen molar-refractivity contribution in [3.63, 3.8) is 0 Å². The van der Waals surface area contributed by atoms with Gasteiger partial charge >= 0.3 is 0 Å². The lowest BCUT2D eigenvalue weighted by molar-refractivity contribution is 0.112. The van der Waals surface area contributed by atoms with Crippen molar-refractivity contribution in [3.8, 4) is 28.4 Å². The first-order chi connectivity index (χ1) is 16.9. The van der Waals surface area contributed by atoms with Crippen LogP contribution in [-0.2, 0) is 6.61 Å². The number of hydrogen-bond acceptors (Lipinski definition) is 5. The minimum atomic E-state index is -0.173. The Bertz CT molecular complexity index is 1210. The standard InChI is InChI=1S/C28H29Cl2NO4/c1-18-20(17-35-27-13-25(33)21(15-32)12-24(27)29)7-3-8-22(18)23-9-4-10-26(28(23)30)34-16-19-6-5-11-31(2)14-19/h3-4,7-10,12-13,15,19,33H,5-6,11,14,16-17H2,1-2H3. The van der Waals surface area contributed by atoms with Gasteiger partial charge in [0.25, 0.3) is 0 Å². The van der Waals surface area contributed by atoms with Gasteiger partial charge in [-0.2, -0.15) is 0 Å². The molecule has 3 aromatic rings. The van der Waals surface area contributed by atoms with Crippen molar-refractivity contribution in [2.24, 2.45) is 5.92 Å². The van der Waals surface area contributed by atoms with Crippen LogP contribution in [0, 0.1) is 12.8 Å². The molecular weight excluding hydrogens is 485 g/mol. The Hall–Kier alpha value is -2.73. The third-order valence-electron chi connectivity index (χ3n) is 6.49. The van der Waals surface area contributed by atoms with Crippen LogP contribution in [-0.4, -0.2) is 43.0 Å². The van der Waals surface area contributed by atoms with E-state index in [1.165, 1.54) is 25.0 Å². The molecule has 1 saturated heterocycles. The number of phenols is 1. The largest absolute Gasteiger partial charge is 0.507 e. The highest BCUT2D eigenvalue weighted by molar-refractivity contribution is 6.35. The van der Waals surface area contributed by atoms with E-state index in [1.807, 2.05) is 43.3 Å². The molecule has 1 aliphatic heterocycles. The van der Waals surface area contributed by atoms with Crippen LogP contribution in [0.25, 0.3) is 11.1 Å². The second-order valence-electron chi connectivity index (χ2n) is 9.04. The highest BCUT2D eigenvalue weighted by atomic mass is 35.5. The Morgan fingerprint density at radius 3 is 2.63 bits per heavy atom. The smallest absolute Gasteiger partial charge is 0.153 e. The van der Waals surface area contributed by atoms with E-state index in [-0.39, 0.29) is 22.9 Å². The quantitative estimate of drug-likeness (QED) is 0.336. The molecule has 5 nitrogen and oxygen atoms in total. The van der Waals surface area contributed by atoms with Crippen LogP contribution >= 0.6 is 23.2 Å². The average Bonchev–Trinajstić information content (AvgIpc) is 2.84. The molecule has 184 valence electrons. The third-order valence-corrected chi connectivity index (χ3v) is 7.17. The SMILES string of the molecule is Cc1c(COc2cc(O)c(C=O)cc2Cl)cccc1-c1cccc(OCC2CCCN(C)C2)c1Cl. The predicted molar refractivity (Wildman–Crippen MR) is 140 cm³/mol. The summed E-state index contributed by atoms with van der Waals surface area (Å²) < 4.78 is 12.0. The van der Waals surface area contributed by atoms with Crippen LogP contribution in [0.15, 0.2) is 48.5 Å². The van der Waals surface area contributed by atoms with Crippen LogP contribution in [0.1, 0.15) is 34.3 Å². The molecular formula is C28H29Cl2NO4. The number of nitrogens with zero attached hydrogens (tertiary/aromatic N) is 1. The normalized spacial score (nSPS) is 16.2. The molecule has 0 bridgehead atoms. The van der Waals surface area contributed by atoms with Gasteiger partial charge in [0.2, 0.25) is 0 Å². The van der Waals surface area contributed by atoms with Crippen LogP contribution in [0.3, 0.4) is 0 Å². The highest BCUT2D eigenvalue weighted by Gasteiger charge is 2.19. The lowest BCUT2D eigenvalue weighted by atomic mass is 9.96. The zero-order chi connectivity index (χ0) is 24.9. The minimum Gasteiger partial charge on any atom is -0.507 e. The maximum Gasteiger partial charge on any atom is 0.153 e. The number of halogens is 2. The Labute approximate surface area is 216 Å². The lowest BCUT2D eigenvalue weighted by Crippen LogP contribution is -2.34. The summed E-state index contributed by atoms with van der Waals surface area (Å²) in [6.45, 7) is 5.09. The summed E-state index contributed by atoms with van der Waals surface area (Å²) in [7, 11) is 2.15. The average molecular weight is 514 g/mol. The molecule has 0 spiro atoms. The van der Waals surface area contributed by atoms with Crippen molar-refractivity contribution in [3.05, 3.63) is 75.3 Å². The van der Waals surface area contributed by atoms with Gasteiger partial charge in [0, 0.05) is 24.1 Å². The van der Waals surface area contributed by atoms with Gasteiger partial charge in [-0.25, -0.2) is 0 Å². The molecule has 0 radical (unpaired) electrons. The van der Waals surface area contributed by atoms with Gasteiger partial charge in [0.1, 0.15) is 23.9 Å². The number of rotatable bonds is 8. The second-order valence-corrected chi connectivity index (χ2v) is 9.82. The summed E-state index contributed by atoms with van der Waals surface area (Å²) in [4.78, 5) is 13.3. The molecule has 35 heavy (non-hydrogen) atoms. The fourth-order valence-electron chi connectivity index (χ4n) is 4.50. The summed E-state index contributed by atoms with van der Waals surface area (Å²) in [6.07, 6.45) is 2.91. The third kappa shape index (κ3) is 5.92. The summed E-state index contributed by atoms with van der Waals surface area (Å²) in [5.41, 5.74) is 3.97. The number of aldehydes is 1. The Balaban J connectivity index is 1.52. The maximum atomic E-state index is 11.0. The number of hydrogen-bond donors (Lipinski definition) is 1. The number of benzene rings is 3. The molecule has 1 unspecified atom stereocenters. The molecule has 0 amide bonds. The minimum absolute atomic E-state index is 0.118. The van der Waals surface area contributed by atoms with Gasteiger partial charge in [0.05, 0.1) is 22.2 Å². The van der Waals surface area contributed by atoms with Crippen molar-refractivity contribution in [1.29, 1.82) is 0 Å². The molecule has 1 fully saturated rings. The van der Waals surface area contributed by atoms with Gasteiger partial charge in [-0.05, 0) is 62.2 Å². The lowest BCUT2D eigenvalue weighted by Gasteiger charge is -2.29. The van der Waals surface area contributed by atoms with Crippen LogP contribution in [0.2, 0.25) is 10.0 Å². The van der Waals surface area contributed by atoms with Crippen molar-refractivity contribution < 1.29 is 19.4 Å².